The first kappa shape index (κ1) is 13.4. The summed E-state index contributed by atoms with van der Waals surface area (Å²) >= 11 is 13.4. The van der Waals surface area contributed by atoms with Crippen LogP contribution in [0.15, 0.2) is 29.6 Å². The van der Waals surface area contributed by atoms with Gasteiger partial charge in [0.15, 0.2) is 5.82 Å². The van der Waals surface area contributed by atoms with Crippen LogP contribution in [0, 0.1) is 0 Å². The normalized spacial score (nSPS) is 10.9. The lowest BCUT2D eigenvalue weighted by molar-refractivity contribution is 0.297. The van der Waals surface area contributed by atoms with Crippen LogP contribution in [-0.4, -0.2) is 9.97 Å². The van der Waals surface area contributed by atoms with Gasteiger partial charge in [0.25, 0.3) is 0 Å². The second-order valence-electron chi connectivity index (χ2n) is 4.03. The van der Waals surface area contributed by atoms with E-state index in [2.05, 4.69) is 9.97 Å². The van der Waals surface area contributed by atoms with E-state index in [0.29, 0.717) is 27.4 Å². The molecule has 0 fully saturated rings. The van der Waals surface area contributed by atoms with Gasteiger partial charge < -0.3 is 10.5 Å². The second kappa shape index (κ2) is 5.44. The summed E-state index contributed by atoms with van der Waals surface area (Å²) in [7, 11) is 0. The van der Waals surface area contributed by atoms with Crippen molar-refractivity contribution < 1.29 is 4.74 Å². The lowest BCUT2D eigenvalue weighted by Gasteiger charge is -2.08. The number of thiophene rings is 1. The Balaban J connectivity index is 1.84. The number of anilines is 1. The fraction of sp³-hybridized carbons (Fsp3) is 0.0769. The van der Waals surface area contributed by atoms with Gasteiger partial charge in [-0.1, -0.05) is 23.2 Å². The fourth-order valence-electron chi connectivity index (χ4n) is 1.72. The molecule has 0 spiro atoms. The molecule has 0 aliphatic rings. The number of ether oxygens (including phenoxy) is 1. The smallest absolute Gasteiger partial charge is 0.169 e. The van der Waals surface area contributed by atoms with E-state index in [4.69, 9.17) is 33.7 Å². The van der Waals surface area contributed by atoms with Crippen molar-refractivity contribution in [2.24, 2.45) is 0 Å². The van der Waals surface area contributed by atoms with Gasteiger partial charge in [-0.2, -0.15) is 0 Å². The van der Waals surface area contributed by atoms with Crippen molar-refractivity contribution in [3.63, 3.8) is 0 Å². The minimum atomic E-state index is 0.179. The number of hydrogen-bond donors (Lipinski definition) is 1. The van der Waals surface area contributed by atoms with Crippen molar-refractivity contribution in [2.75, 3.05) is 5.73 Å². The van der Waals surface area contributed by atoms with E-state index in [1.807, 2.05) is 11.4 Å². The Morgan fingerprint density at radius 3 is 2.90 bits per heavy atom. The van der Waals surface area contributed by atoms with Crippen molar-refractivity contribution >= 4 is 50.6 Å². The van der Waals surface area contributed by atoms with Crippen molar-refractivity contribution in [1.29, 1.82) is 0 Å². The molecule has 4 nitrogen and oxygen atoms in total. The maximum Gasteiger partial charge on any atom is 0.169 e. The second-order valence-corrected chi connectivity index (χ2v) is 5.77. The van der Waals surface area contributed by atoms with E-state index in [1.165, 1.54) is 11.3 Å². The summed E-state index contributed by atoms with van der Waals surface area (Å²) in [6.07, 6.45) is 0. The van der Waals surface area contributed by atoms with Gasteiger partial charge in [0, 0.05) is 11.1 Å². The lowest BCUT2D eigenvalue weighted by atomic mass is 10.3. The van der Waals surface area contributed by atoms with Crippen molar-refractivity contribution in [3.05, 3.63) is 45.5 Å². The predicted molar refractivity (Wildman–Crippen MR) is 82.6 cm³/mol. The molecule has 3 aromatic rings. The van der Waals surface area contributed by atoms with Crippen LogP contribution in [-0.2, 0) is 6.61 Å². The molecule has 3 rings (SSSR count). The first-order chi connectivity index (χ1) is 9.63. The van der Waals surface area contributed by atoms with Gasteiger partial charge in [-0.15, -0.1) is 11.3 Å². The summed E-state index contributed by atoms with van der Waals surface area (Å²) in [4.78, 5) is 9.44. The maximum atomic E-state index is 6.02. The minimum absolute atomic E-state index is 0.179. The summed E-state index contributed by atoms with van der Waals surface area (Å²) in [6.45, 7) is 0.179. The Morgan fingerprint density at radius 2 is 2.05 bits per heavy atom. The molecule has 0 unspecified atom stereocenters. The van der Waals surface area contributed by atoms with Gasteiger partial charge in [0.05, 0.1) is 10.4 Å². The van der Waals surface area contributed by atoms with E-state index in [-0.39, 0.29) is 6.61 Å². The highest BCUT2D eigenvalue weighted by Gasteiger charge is 2.08. The first-order valence-corrected chi connectivity index (χ1v) is 7.34. The van der Waals surface area contributed by atoms with E-state index in [0.717, 1.165) is 10.2 Å². The van der Waals surface area contributed by atoms with E-state index >= 15 is 0 Å². The number of benzene rings is 1. The Labute approximate surface area is 129 Å². The molecule has 2 N–H and O–H groups in total. The zero-order valence-electron chi connectivity index (χ0n) is 10.1. The van der Waals surface area contributed by atoms with Crippen molar-refractivity contribution in [1.82, 2.24) is 9.97 Å². The zero-order valence-corrected chi connectivity index (χ0v) is 12.5. The highest BCUT2D eigenvalue weighted by molar-refractivity contribution is 7.16. The van der Waals surface area contributed by atoms with E-state index in [1.54, 1.807) is 18.2 Å². The number of fused-ring (bicyclic) bond motifs is 1. The van der Waals surface area contributed by atoms with Crippen LogP contribution in [0.2, 0.25) is 10.0 Å². The number of rotatable bonds is 3. The summed E-state index contributed by atoms with van der Waals surface area (Å²) in [5.74, 6) is 1.45. The molecule has 0 atom stereocenters. The van der Waals surface area contributed by atoms with Gasteiger partial charge in [0.2, 0.25) is 0 Å². The third-order valence-corrected chi connectivity index (χ3v) is 4.00. The summed E-state index contributed by atoms with van der Waals surface area (Å²) in [5, 5.41) is 3.83. The van der Waals surface area contributed by atoms with E-state index < -0.39 is 0 Å². The van der Waals surface area contributed by atoms with Crippen LogP contribution >= 0.6 is 34.5 Å². The highest BCUT2D eigenvalue weighted by atomic mass is 35.5. The molecule has 7 heteroatoms. The molecule has 20 heavy (non-hydrogen) atoms. The Kier molecular flexibility index (Phi) is 3.65. The van der Waals surface area contributed by atoms with E-state index in [9.17, 15) is 0 Å². The van der Waals surface area contributed by atoms with Crippen LogP contribution in [0.1, 0.15) is 5.82 Å². The Hall–Kier alpha value is -1.56. The topological polar surface area (TPSA) is 61.0 Å². The number of aromatic nitrogens is 2. The molecule has 0 bridgehead atoms. The van der Waals surface area contributed by atoms with Gasteiger partial charge >= 0.3 is 0 Å². The van der Waals surface area contributed by atoms with Crippen LogP contribution in [0.5, 0.6) is 5.75 Å². The summed E-state index contributed by atoms with van der Waals surface area (Å²) < 4.78 is 5.59. The van der Waals surface area contributed by atoms with Crippen LogP contribution in [0.3, 0.4) is 0 Å². The standard InChI is InChI=1S/C13H9Cl2N3OS/c14-7-1-2-9(15)10(5-7)19-6-11-17-12(16)8-3-4-20-13(8)18-11/h1-5H,6H2,(H2,16,17,18). The highest BCUT2D eigenvalue weighted by Crippen LogP contribution is 2.28. The third-order valence-electron chi connectivity index (χ3n) is 2.65. The number of hydrogen-bond acceptors (Lipinski definition) is 5. The largest absolute Gasteiger partial charge is 0.484 e. The van der Waals surface area contributed by atoms with Crippen LogP contribution < -0.4 is 10.5 Å². The van der Waals surface area contributed by atoms with Gasteiger partial charge in [-0.25, -0.2) is 9.97 Å². The maximum absolute atomic E-state index is 6.02. The van der Waals surface area contributed by atoms with Gasteiger partial charge in [0.1, 0.15) is 23.0 Å². The zero-order chi connectivity index (χ0) is 14.1. The van der Waals surface area contributed by atoms with Gasteiger partial charge in [-0.3, -0.25) is 0 Å². The molecule has 0 aliphatic carbocycles. The molecule has 0 aliphatic heterocycles. The van der Waals surface area contributed by atoms with Crippen LogP contribution in [0.25, 0.3) is 10.2 Å². The summed E-state index contributed by atoms with van der Waals surface area (Å²) in [5.41, 5.74) is 5.88. The molecular formula is C13H9Cl2N3OS. The molecule has 102 valence electrons. The lowest BCUT2D eigenvalue weighted by Crippen LogP contribution is -2.04. The number of nitrogens with two attached hydrogens (primary N) is 1. The SMILES string of the molecule is Nc1nc(COc2cc(Cl)ccc2Cl)nc2sccc12. The van der Waals surface area contributed by atoms with Gasteiger partial charge in [-0.05, 0) is 23.6 Å². The molecule has 2 heterocycles. The number of halogens is 2. The Bertz CT molecular complexity index is 775. The molecular weight excluding hydrogens is 317 g/mol. The van der Waals surface area contributed by atoms with Crippen molar-refractivity contribution in [2.45, 2.75) is 6.61 Å². The average molecular weight is 326 g/mol. The molecule has 0 saturated heterocycles. The predicted octanol–water partition coefficient (Wildman–Crippen LogP) is 4.16. The molecule has 0 radical (unpaired) electrons. The first-order valence-electron chi connectivity index (χ1n) is 5.71. The van der Waals surface area contributed by atoms with Crippen molar-refractivity contribution in [3.8, 4) is 5.75 Å². The number of nitrogen functional groups attached to an aromatic ring is 1. The number of nitrogens with zero attached hydrogens (tertiary/aromatic N) is 2. The minimum Gasteiger partial charge on any atom is -0.484 e. The third kappa shape index (κ3) is 2.65. The fourth-order valence-corrected chi connectivity index (χ4v) is 2.84. The molecule has 2 aromatic heterocycles. The molecule has 0 saturated carbocycles. The molecule has 1 aromatic carbocycles. The average Bonchev–Trinajstić information content (AvgIpc) is 2.89. The quantitative estimate of drug-likeness (QED) is 0.785. The Morgan fingerprint density at radius 1 is 1.20 bits per heavy atom. The monoisotopic (exact) mass is 325 g/mol. The molecule has 0 amide bonds. The van der Waals surface area contributed by atoms with Crippen LogP contribution in [0.4, 0.5) is 5.82 Å². The summed E-state index contributed by atoms with van der Waals surface area (Å²) in [6, 6.07) is 6.92.